The number of aliphatic hydroxyl groups excluding tert-OH is 1. The van der Waals surface area contributed by atoms with Crippen molar-refractivity contribution >= 4 is 29.2 Å². The number of rotatable bonds is 8. The van der Waals surface area contributed by atoms with Crippen LogP contribution < -0.4 is 15.4 Å². The summed E-state index contributed by atoms with van der Waals surface area (Å²) in [6.45, 7) is 9.22. The van der Waals surface area contributed by atoms with Crippen molar-refractivity contribution in [1.82, 2.24) is 15.0 Å². The van der Waals surface area contributed by atoms with E-state index in [1.165, 1.54) is 28.0 Å². The van der Waals surface area contributed by atoms with E-state index >= 15 is 0 Å². The maximum absolute atomic E-state index is 14.2. The number of benzene rings is 1. The van der Waals surface area contributed by atoms with Gasteiger partial charge in [0.05, 0.1) is 36.8 Å². The summed E-state index contributed by atoms with van der Waals surface area (Å²) in [5.41, 5.74) is 1.25. The number of fused-ring (bicyclic) bond motifs is 1. The van der Waals surface area contributed by atoms with Crippen LogP contribution in [0.1, 0.15) is 74.7 Å². The van der Waals surface area contributed by atoms with Gasteiger partial charge in [0, 0.05) is 44.8 Å². The van der Waals surface area contributed by atoms with Crippen LogP contribution in [0.25, 0.3) is 0 Å². The molecular formula is C32H46F3N5O7. The molecule has 3 N–H and O–H groups in total. The van der Waals surface area contributed by atoms with Crippen LogP contribution in [-0.4, -0.2) is 95.7 Å². The fourth-order valence-corrected chi connectivity index (χ4v) is 5.16. The second-order valence-electron chi connectivity index (χ2n) is 12.2. The Morgan fingerprint density at radius 3 is 2.55 bits per heavy atom. The highest BCUT2D eigenvalue weighted by atomic mass is 19.4. The highest BCUT2D eigenvalue weighted by molar-refractivity contribution is 5.99. The smallest absolute Gasteiger partial charge is 0.389 e. The Hall–Kier alpha value is -3.85. The maximum Gasteiger partial charge on any atom is 0.389 e. The van der Waals surface area contributed by atoms with E-state index in [0.29, 0.717) is 30.2 Å². The Labute approximate surface area is 272 Å². The number of amides is 4. The molecule has 1 aliphatic heterocycles. The van der Waals surface area contributed by atoms with Gasteiger partial charge in [-0.2, -0.15) is 13.2 Å². The van der Waals surface area contributed by atoms with Gasteiger partial charge in [-0.05, 0) is 65.2 Å². The van der Waals surface area contributed by atoms with Crippen LogP contribution >= 0.6 is 0 Å². The van der Waals surface area contributed by atoms with Gasteiger partial charge < -0.3 is 39.5 Å². The molecule has 1 aliphatic rings. The topological polar surface area (TPSA) is 146 Å². The van der Waals surface area contributed by atoms with Gasteiger partial charge in [-0.15, -0.1) is 0 Å². The van der Waals surface area contributed by atoms with Crippen LogP contribution in [0.2, 0.25) is 0 Å². The van der Waals surface area contributed by atoms with Crippen LogP contribution in [0, 0.1) is 19.8 Å². The molecule has 0 saturated carbocycles. The highest BCUT2D eigenvalue weighted by Gasteiger charge is 2.32. The summed E-state index contributed by atoms with van der Waals surface area (Å²) >= 11 is 0. The normalized spacial score (nSPS) is 20.4. The minimum Gasteiger partial charge on any atom is -0.490 e. The number of anilines is 2. The molecule has 47 heavy (non-hydrogen) atoms. The molecule has 4 atom stereocenters. The number of carbonyl (C=O) groups is 3. The van der Waals surface area contributed by atoms with E-state index in [1.54, 1.807) is 27.8 Å². The zero-order chi connectivity index (χ0) is 34.9. The molecule has 0 aliphatic carbocycles. The van der Waals surface area contributed by atoms with Crippen LogP contribution in [0.4, 0.5) is 29.3 Å². The SMILES string of the molecule is Cc1noc(C)c1NC(=O)N(C)C[C@H]1OCCCC[C@H](C)Oc2ccc(NC(=O)CCC(F)(F)F)cc2C(=O)N([C@@H](C)CO)C[C@@H]1C. The number of alkyl halides is 3. The van der Waals surface area contributed by atoms with Crippen LogP contribution in [0.15, 0.2) is 22.7 Å². The third kappa shape index (κ3) is 11.1. The Kier molecular flexibility index (Phi) is 13.5. The van der Waals surface area contributed by atoms with E-state index in [0.717, 1.165) is 12.8 Å². The number of hydrogen-bond acceptors (Lipinski definition) is 8. The lowest BCUT2D eigenvalue weighted by Crippen LogP contribution is -2.48. The number of aliphatic hydroxyl groups is 1. The Balaban J connectivity index is 1.89. The number of halogens is 3. The van der Waals surface area contributed by atoms with E-state index in [2.05, 4.69) is 15.8 Å². The third-order valence-corrected chi connectivity index (χ3v) is 8.04. The second-order valence-corrected chi connectivity index (χ2v) is 12.2. The average Bonchev–Trinajstić information content (AvgIpc) is 3.33. The molecule has 0 bridgehead atoms. The van der Waals surface area contributed by atoms with Gasteiger partial charge in [-0.3, -0.25) is 9.59 Å². The zero-order valence-electron chi connectivity index (χ0n) is 27.8. The standard InChI is InChI=1S/C32H46F3N5O7/c1-19-16-40(20(2)18-41)30(43)25-15-24(36-28(42)12-13-32(33,34)35)10-11-26(25)46-21(3)9-7-8-14-45-27(19)17-39(6)31(44)37-29-22(4)38-47-23(29)5/h10-11,15,19-21,27,41H,7-9,12-14,16-18H2,1-6H3,(H,36,42)(H,37,44)/t19-,20-,21-,27+/m0/s1. The van der Waals surface area contributed by atoms with Crippen molar-refractivity contribution in [2.75, 3.05) is 44.0 Å². The molecule has 1 aromatic carbocycles. The first-order valence-electron chi connectivity index (χ1n) is 15.7. The third-order valence-electron chi connectivity index (χ3n) is 8.04. The van der Waals surface area contributed by atoms with E-state index in [-0.39, 0.29) is 48.7 Å². The van der Waals surface area contributed by atoms with Gasteiger partial charge in [-0.25, -0.2) is 4.79 Å². The summed E-state index contributed by atoms with van der Waals surface area (Å²) in [6, 6.07) is 3.33. The van der Waals surface area contributed by atoms with Crippen molar-refractivity contribution in [3.63, 3.8) is 0 Å². The minimum absolute atomic E-state index is 0.0865. The zero-order valence-corrected chi connectivity index (χ0v) is 27.8. The summed E-state index contributed by atoms with van der Waals surface area (Å²) in [5, 5.41) is 19.2. The number of hydrogen-bond donors (Lipinski definition) is 3. The number of carbonyl (C=O) groups excluding carboxylic acids is 3. The van der Waals surface area contributed by atoms with E-state index in [9.17, 15) is 32.7 Å². The molecule has 1 aromatic heterocycles. The van der Waals surface area contributed by atoms with Gasteiger partial charge in [0.25, 0.3) is 5.91 Å². The first-order chi connectivity index (χ1) is 22.1. The average molecular weight is 670 g/mol. The number of likely N-dealkylation sites (N-methyl/N-ethyl adjacent to an activating group) is 1. The van der Waals surface area contributed by atoms with E-state index in [1.807, 2.05) is 13.8 Å². The predicted octanol–water partition coefficient (Wildman–Crippen LogP) is 5.53. The molecule has 15 heteroatoms. The molecule has 3 rings (SSSR count). The molecule has 0 spiro atoms. The van der Waals surface area contributed by atoms with E-state index < -0.39 is 49.0 Å². The lowest BCUT2D eigenvalue weighted by Gasteiger charge is -2.35. The Morgan fingerprint density at radius 1 is 1.19 bits per heavy atom. The quantitative estimate of drug-likeness (QED) is 0.333. The first-order valence-corrected chi connectivity index (χ1v) is 15.7. The van der Waals surface area contributed by atoms with Crippen molar-refractivity contribution in [3.8, 4) is 5.75 Å². The fraction of sp³-hybridized carbons (Fsp3) is 0.625. The van der Waals surface area contributed by atoms with Crippen LogP contribution in [-0.2, 0) is 9.53 Å². The van der Waals surface area contributed by atoms with Crippen LogP contribution in [0.5, 0.6) is 5.75 Å². The number of ether oxygens (including phenoxy) is 2. The molecule has 2 heterocycles. The Morgan fingerprint density at radius 2 is 1.91 bits per heavy atom. The number of nitrogens with zero attached hydrogens (tertiary/aromatic N) is 3. The van der Waals surface area contributed by atoms with Crippen molar-refractivity contribution in [2.45, 2.75) is 91.1 Å². The molecule has 12 nitrogen and oxygen atoms in total. The van der Waals surface area contributed by atoms with Crippen molar-refractivity contribution in [3.05, 3.63) is 35.2 Å². The molecule has 262 valence electrons. The summed E-state index contributed by atoms with van der Waals surface area (Å²) in [5.74, 6) is -0.951. The van der Waals surface area contributed by atoms with Gasteiger partial charge in [0.2, 0.25) is 5.91 Å². The monoisotopic (exact) mass is 669 g/mol. The lowest BCUT2D eigenvalue weighted by atomic mass is 10.0. The van der Waals surface area contributed by atoms with Crippen molar-refractivity contribution in [1.29, 1.82) is 0 Å². The molecule has 4 amide bonds. The highest BCUT2D eigenvalue weighted by Crippen LogP contribution is 2.29. The van der Waals surface area contributed by atoms with Gasteiger partial charge in [-0.1, -0.05) is 12.1 Å². The fourth-order valence-electron chi connectivity index (χ4n) is 5.16. The van der Waals surface area contributed by atoms with Crippen LogP contribution in [0.3, 0.4) is 0 Å². The van der Waals surface area contributed by atoms with Gasteiger partial charge >= 0.3 is 12.2 Å². The molecule has 0 saturated heterocycles. The Bertz CT molecular complexity index is 1350. The predicted molar refractivity (Wildman–Crippen MR) is 168 cm³/mol. The summed E-state index contributed by atoms with van der Waals surface area (Å²) in [4.78, 5) is 42.5. The summed E-state index contributed by atoms with van der Waals surface area (Å²) < 4.78 is 55.6. The number of aromatic nitrogens is 1. The number of aryl methyl sites for hydroxylation is 2. The molecule has 0 fully saturated rings. The molecule has 0 radical (unpaired) electrons. The lowest BCUT2D eigenvalue weighted by molar-refractivity contribution is -0.142. The number of nitrogens with one attached hydrogen (secondary N) is 2. The largest absolute Gasteiger partial charge is 0.490 e. The molecular weight excluding hydrogens is 623 g/mol. The van der Waals surface area contributed by atoms with Gasteiger partial charge in [0.15, 0.2) is 5.76 Å². The first kappa shape index (κ1) is 37.6. The second kappa shape index (κ2) is 16.8. The van der Waals surface area contributed by atoms with E-state index in [4.69, 9.17) is 14.0 Å². The molecule has 2 aromatic rings. The summed E-state index contributed by atoms with van der Waals surface area (Å²) in [6.07, 6.45) is -5.19. The molecule has 0 unspecified atom stereocenters. The summed E-state index contributed by atoms with van der Waals surface area (Å²) in [7, 11) is 1.63. The van der Waals surface area contributed by atoms with Crippen molar-refractivity contribution < 1.29 is 46.7 Å². The van der Waals surface area contributed by atoms with Crippen molar-refractivity contribution in [2.24, 2.45) is 5.92 Å². The van der Waals surface area contributed by atoms with Gasteiger partial charge in [0.1, 0.15) is 17.1 Å². The minimum atomic E-state index is -4.48. The number of urea groups is 1. The maximum atomic E-state index is 14.2.